The van der Waals surface area contributed by atoms with Crippen LogP contribution in [0.1, 0.15) is 13.3 Å². The number of nitrogens with two attached hydrogens (primary N) is 1. The molecule has 0 fully saturated rings. The van der Waals surface area contributed by atoms with Gasteiger partial charge in [-0.2, -0.15) is 0 Å². The third-order valence-electron chi connectivity index (χ3n) is 3.44. The van der Waals surface area contributed by atoms with Crippen molar-refractivity contribution in [3.8, 4) is 11.5 Å². The minimum absolute atomic E-state index is 0.603. The van der Waals surface area contributed by atoms with Crippen molar-refractivity contribution in [2.45, 2.75) is 13.3 Å². The average molecular weight is 289 g/mol. The Labute approximate surface area is 125 Å². The number of benzene rings is 1. The molecular formula is C16H23N3O2. The van der Waals surface area contributed by atoms with Crippen LogP contribution in [0.15, 0.2) is 24.4 Å². The topological polar surface area (TPSA) is 60.6 Å². The molecule has 2 rings (SSSR count). The third-order valence-corrected chi connectivity index (χ3v) is 3.44. The van der Waals surface area contributed by atoms with E-state index in [1.165, 1.54) is 0 Å². The Morgan fingerprint density at radius 2 is 1.86 bits per heavy atom. The maximum absolute atomic E-state index is 5.73. The molecule has 0 saturated carbocycles. The molecule has 114 valence electrons. The van der Waals surface area contributed by atoms with Crippen LogP contribution in [0.25, 0.3) is 10.8 Å². The summed E-state index contributed by atoms with van der Waals surface area (Å²) in [4.78, 5) is 6.77. The molecule has 0 saturated heterocycles. The number of hydrogen-bond donors (Lipinski definition) is 1. The number of nitrogens with zero attached hydrogens (tertiary/aromatic N) is 2. The first-order chi connectivity index (χ1) is 10.2. The normalized spacial score (nSPS) is 10.7. The minimum atomic E-state index is 0.603. The van der Waals surface area contributed by atoms with Gasteiger partial charge >= 0.3 is 0 Å². The number of ether oxygens (including phenoxy) is 2. The zero-order chi connectivity index (χ0) is 15.2. The molecule has 1 heterocycles. The highest BCUT2D eigenvalue weighted by molar-refractivity contribution is 5.94. The van der Waals surface area contributed by atoms with Gasteiger partial charge in [0.2, 0.25) is 0 Å². The molecule has 0 radical (unpaired) electrons. The van der Waals surface area contributed by atoms with Crippen LogP contribution in [0.2, 0.25) is 0 Å². The summed E-state index contributed by atoms with van der Waals surface area (Å²) < 4.78 is 10.8. The van der Waals surface area contributed by atoms with Crippen molar-refractivity contribution >= 4 is 16.6 Å². The van der Waals surface area contributed by atoms with Crippen LogP contribution in [0, 0.1) is 0 Å². The average Bonchev–Trinajstić information content (AvgIpc) is 2.52. The van der Waals surface area contributed by atoms with E-state index in [9.17, 15) is 0 Å². The van der Waals surface area contributed by atoms with E-state index in [1.807, 2.05) is 24.4 Å². The molecule has 0 aliphatic heterocycles. The van der Waals surface area contributed by atoms with Crippen LogP contribution >= 0.6 is 0 Å². The van der Waals surface area contributed by atoms with E-state index < -0.39 is 0 Å². The van der Waals surface area contributed by atoms with E-state index in [1.54, 1.807) is 14.2 Å². The number of anilines is 1. The highest BCUT2D eigenvalue weighted by atomic mass is 16.5. The Hall–Kier alpha value is -2.01. The molecule has 0 amide bonds. The summed E-state index contributed by atoms with van der Waals surface area (Å²) in [7, 11) is 3.28. The third kappa shape index (κ3) is 3.19. The summed E-state index contributed by atoms with van der Waals surface area (Å²) in [5.41, 5.74) is 5.73. The molecular weight excluding hydrogens is 266 g/mol. The molecule has 5 nitrogen and oxygen atoms in total. The molecule has 0 bridgehead atoms. The maximum atomic E-state index is 5.73. The second-order valence-corrected chi connectivity index (χ2v) is 4.84. The van der Waals surface area contributed by atoms with E-state index in [0.29, 0.717) is 12.3 Å². The number of aromatic nitrogens is 1. The van der Waals surface area contributed by atoms with Crippen molar-refractivity contribution in [1.29, 1.82) is 0 Å². The fourth-order valence-corrected chi connectivity index (χ4v) is 2.49. The standard InChI is InChI=1S/C16H23N3O2/c1-4-8-19(9-6-17)16-13-11-15(21-3)14(20-2)10-12(13)5-7-18-16/h5,7,10-11H,4,6,8-9,17H2,1-3H3. The zero-order valence-corrected chi connectivity index (χ0v) is 12.9. The number of fused-ring (bicyclic) bond motifs is 1. The molecule has 0 spiro atoms. The molecule has 0 atom stereocenters. The van der Waals surface area contributed by atoms with E-state index in [0.717, 1.165) is 41.9 Å². The van der Waals surface area contributed by atoms with E-state index in [2.05, 4.69) is 16.8 Å². The maximum Gasteiger partial charge on any atom is 0.161 e. The summed E-state index contributed by atoms with van der Waals surface area (Å²) in [6, 6.07) is 5.94. The van der Waals surface area contributed by atoms with Gasteiger partial charge in [0.1, 0.15) is 5.82 Å². The smallest absolute Gasteiger partial charge is 0.161 e. The fourth-order valence-electron chi connectivity index (χ4n) is 2.49. The Morgan fingerprint density at radius 1 is 1.14 bits per heavy atom. The molecule has 0 aliphatic rings. The lowest BCUT2D eigenvalue weighted by atomic mass is 10.1. The lowest BCUT2D eigenvalue weighted by Crippen LogP contribution is -2.30. The lowest BCUT2D eigenvalue weighted by Gasteiger charge is -2.24. The van der Waals surface area contributed by atoms with Gasteiger partial charge in [-0.1, -0.05) is 6.92 Å². The van der Waals surface area contributed by atoms with Crippen molar-refractivity contribution in [1.82, 2.24) is 4.98 Å². The van der Waals surface area contributed by atoms with Crippen molar-refractivity contribution in [3.63, 3.8) is 0 Å². The fraction of sp³-hybridized carbons (Fsp3) is 0.438. The van der Waals surface area contributed by atoms with Gasteiger partial charge in [0.25, 0.3) is 0 Å². The van der Waals surface area contributed by atoms with Crippen molar-refractivity contribution in [2.75, 3.05) is 38.8 Å². The van der Waals surface area contributed by atoms with Gasteiger partial charge in [-0.3, -0.25) is 0 Å². The van der Waals surface area contributed by atoms with E-state index in [4.69, 9.17) is 15.2 Å². The predicted octanol–water partition coefficient (Wildman–Crippen LogP) is 2.43. The molecule has 0 unspecified atom stereocenters. The summed E-state index contributed by atoms with van der Waals surface area (Å²) in [6.07, 6.45) is 2.87. The second-order valence-electron chi connectivity index (χ2n) is 4.84. The Kier molecular flexibility index (Phi) is 5.22. The number of rotatable bonds is 7. The van der Waals surface area contributed by atoms with Gasteiger partial charge in [-0.25, -0.2) is 4.98 Å². The van der Waals surface area contributed by atoms with Crippen LogP contribution in [0.3, 0.4) is 0 Å². The summed E-state index contributed by atoms with van der Waals surface area (Å²) in [6.45, 7) is 4.47. The minimum Gasteiger partial charge on any atom is -0.493 e. The highest BCUT2D eigenvalue weighted by Crippen LogP contribution is 2.35. The van der Waals surface area contributed by atoms with Gasteiger partial charge in [0.05, 0.1) is 14.2 Å². The van der Waals surface area contributed by atoms with Crippen LogP contribution in [-0.4, -0.2) is 38.8 Å². The van der Waals surface area contributed by atoms with Gasteiger partial charge in [0, 0.05) is 31.2 Å². The molecule has 2 N–H and O–H groups in total. The number of methoxy groups -OCH3 is 2. The Bertz CT molecular complexity index is 595. The Morgan fingerprint density at radius 3 is 2.48 bits per heavy atom. The van der Waals surface area contributed by atoms with Gasteiger partial charge < -0.3 is 20.1 Å². The van der Waals surface area contributed by atoms with Gasteiger partial charge in [-0.05, 0) is 30.0 Å². The SMILES string of the molecule is CCCN(CCN)c1nccc2cc(OC)c(OC)cc12. The summed E-state index contributed by atoms with van der Waals surface area (Å²) in [5.74, 6) is 2.38. The van der Waals surface area contributed by atoms with Crippen molar-refractivity contribution in [3.05, 3.63) is 24.4 Å². The molecule has 21 heavy (non-hydrogen) atoms. The molecule has 5 heteroatoms. The van der Waals surface area contributed by atoms with Crippen molar-refractivity contribution < 1.29 is 9.47 Å². The second kappa shape index (κ2) is 7.13. The quantitative estimate of drug-likeness (QED) is 0.848. The highest BCUT2D eigenvalue weighted by Gasteiger charge is 2.13. The Balaban J connectivity index is 2.57. The molecule has 1 aromatic carbocycles. The molecule has 2 aromatic rings. The zero-order valence-electron chi connectivity index (χ0n) is 12.9. The van der Waals surface area contributed by atoms with E-state index >= 15 is 0 Å². The van der Waals surface area contributed by atoms with Crippen LogP contribution in [0.5, 0.6) is 11.5 Å². The largest absolute Gasteiger partial charge is 0.493 e. The van der Waals surface area contributed by atoms with Gasteiger partial charge in [-0.15, -0.1) is 0 Å². The number of pyridine rings is 1. The first kappa shape index (κ1) is 15.4. The lowest BCUT2D eigenvalue weighted by molar-refractivity contribution is 0.356. The monoisotopic (exact) mass is 289 g/mol. The first-order valence-corrected chi connectivity index (χ1v) is 7.20. The first-order valence-electron chi connectivity index (χ1n) is 7.20. The summed E-state index contributed by atoms with van der Waals surface area (Å²) >= 11 is 0. The predicted molar refractivity (Wildman–Crippen MR) is 86.4 cm³/mol. The van der Waals surface area contributed by atoms with Gasteiger partial charge in [0.15, 0.2) is 11.5 Å². The number of hydrogen-bond acceptors (Lipinski definition) is 5. The summed E-state index contributed by atoms with van der Waals surface area (Å²) in [5, 5.41) is 2.13. The molecule has 0 aliphatic carbocycles. The molecule has 1 aromatic heterocycles. The van der Waals surface area contributed by atoms with E-state index in [-0.39, 0.29) is 0 Å². The van der Waals surface area contributed by atoms with Crippen molar-refractivity contribution in [2.24, 2.45) is 5.73 Å². The van der Waals surface area contributed by atoms with Crippen LogP contribution in [0.4, 0.5) is 5.82 Å². The van der Waals surface area contributed by atoms with Crippen LogP contribution < -0.4 is 20.1 Å². The van der Waals surface area contributed by atoms with Crippen LogP contribution in [-0.2, 0) is 0 Å².